The summed E-state index contributed by atoms with van der Waals surface area (Å²) in [5, 5.41) is 23.0. The number of Topliss-reactive ketones (excluding diaryl/α,β-unsaturated/α-hetero) is 1. The minimum Gasteiger partial charge on any atom is -0.348 e. The summed E-state index contributed by atoms with van der Waals surface area (Å²) in [6, 6.07) is 19.9. The number of nitrogens with zero attached hydrogens (tertiary/aromatic N) is 3. The first-order valence-electron chi connectivity index (χ1n) is 9.86. The smallest absolute Gasteiger partial charge is 0.299 e. The first-order valence-corrected chi connectivity index (χ1v) is 9.86. The van der Waals surface area contributed by atoms with Crippen molar-refractivity contribution in [1.29, 1.82) is 0 Å². The molecule has 1 saturated heterocycles. The Morgan fingerprint density at radius 1 is 0.871 bits per heavy atom. The molecule has 2 heterocycles. The Hall–Kier alpha value is -4.07. The Morgan fingerprint density at radius 2 is 1.58 bits per heavy atom. The molecule has 8 nitrogen and oxygen atoms in total. The molecule has 2 aliphatic heterocycles. The number of carbonyl (C=O) groups is 1. The highest BCUT2D eigenvalue weighted by atomic mass is 16.6. The molecule has 3 atom stereocenters. The number of nitro benzene ring substituents is 2. The predicted octanol–water partition coefficient (Wildman–Crippen LogP) is 4.80. The molecule has 31 heavy (non-hydrogen) atoms. The van der Waals surface area contributed by atoms with E-state index in [2.05, 4.69) is 0 Å². The second kappa shape index (κ2) is 7.02. The lowest BCUT2D eigenvalue weighted by Crippen LogP contribution is -2.42. The standard InChI is InChI=1S/C23H17N3O5/c27-23-17-9-5-4-8-16(17)22-18(14-6-2-1-3-7-14)13-21(23)24(22)19-11-10-15(25(28)29)12-20(19)26(30)31/h1-12,18,21-22H,13H2. The molecule has 1 fully saturated rings. The van der Waals surface area contributed by atoms with Crippen molar-refractivity contribution in [3.05, 3.63) is 110 Å². The number of carbonyl (C=O) groups excluding carboxylic acids is 1. The lowest BCUT2D eigenvalue weighted by molar-refractivity contribution is -0.393. The minimum absolute atomic E-state index is 0.0476. The molecule has 0 aliphatic carbocycles. The van der Waals surface area contributed by atoms with Crippen molar-refractivity contribution in [2.75, 3.05) is 4.90 Å². The number of rotatable bonds is 4. The molecule has 5 rings (SSSR count). The molecule has 0 spiro atoms. The fourth-order valence-corrected chi connectivity index (χ4v) is 4.96. The molecule has 0 amide bonds. The van der Waals surface area contributed by atoms with Crippen LogP contribution in [0.3, 0.4) is 0 Å². The molecular weight excluding hydrogens is 398 g/mol. The van der Waals surface area contributed by atoms with E-state index in [1.165, 1.54) is 12.1 Å². The van der Waals surface area contributed by atoms with Crippen molar-refractivity contribution < 1.29 is 14.6 Å². The van der Waals surface area contributed by atoms with Crippen molar-refractivity contribution in [2.24, 2.45) is 0 Å². The fourth-order valence-electron chi connectivity index (χ4n) is 4.96. The lowest BCUT2D eigenvalue weighted by atomic mass is 9.86. The van der Waals surface area contributed by atoms with Gasteiger partial charge in [0.25, 0.3) is 11.4 Å². The third-order valence-electron chi connectivity index (χ3n) is 6.21. The summed E-state index contributed by atoms with van der Waals surface area (Å²) in [7, 11) is 0. The first-order chi connectivity index (χ1) is 15.0. The predicted molar refractivity (Wildman–Crippen MR) is 113 cm³/mol. The van der Waals surface area contributed by atoms with E-state index in [1.54, 1.807) is 11.0 Å². The number of hydrogen-bond donors (Lipinski definition) is 0. The van der Waals surface area contributed by atoms with Crippen molar-refractivity contribution >= 4 is 22.8 Å². The van der Waals surface area contributed by atoms with Crippen LogP contribution < -0.4 is 4.90 Å². The van der Waals surface area contributed by atoms with Gasteiger partial charge in [-0.05, 0) is 23.6 Å². The molecule has 0 N–H and O–H groups in total. The van der Waals surface area contributed by atoms with Gasteiger partial charge in [0.05, 0.1) is 28.0 Å². The van der Waals surface area contributed by atoms with E-state index in [-0.39, 0.29) is 34.8 Å². The maximum absolute atomic E-state index is 13.4. The number of nitro groups is 2. The van der Waals surface area contributed by atoms with E-state index < -0.39 is 15.9 Å². The normalized spacial score (nSPS) is 21.6. The maximum atomic E-state index is 13.4. The fraction of sp³-hybridized carbons (Fsp3) is 0.174. The van der Waals surface area contributed by atoms with E-state index >= 15 is 0 Å². The Labute approximate surface area is 177 Å². The second-order valence-corrected chi connectivity index (χ2v) is 7.76. The number of non-ortho nitro benzene ring substituents is 1. The van der Waals surface area contributed by atoms with Crippen LogP contribution in [0.2, 0.25) is 0 Å². The van der Waals surface area contributed by atoms with Crippen molar-refractivity contribution in [3.63, 3.8) is 0 Å². The van der Waals surface area contributed by atoms with Gasteiger partial charge in [-0.15, -0.1) is 0 Å². The van der Waals surface area contributed by atoms with Crippen molar-refractivity contribution in [2.45, 2.75) is 24.4 Å². The minimum atomic E-state index is -0.658. The summed E-state index contributed by atoms with van der Waals surface area (Å²) in [5.41, 5.74) is 2.01. The summed E-state index contributed by atoms with van der Waals surface area (Å²) < 4.78 is 0. The van der Waals surface area contributed by atoms with E-state index in [0.717, 1.165) is 17.2 Å². The lowest BCUT2D eigenvalue weighted by Gasteiger charge is -2.37. The Balaban J connectivity index is 1.72. The third kappa shape index (κ3) is 2.87. The molecule has 0 aromatic heterocycles. The molecule has 2 aliphatic rings. The van der Waals surface area contributed by atoms with Crippen LogP contribution >= 0.6 is 0 Å². The van der Waals surface area contributed by atoms with Crippen LogP contribution in [0.4, 0.5) is 17.1 Å². The summed E-state index contributed by atoms with van der Waals surface area (Å²) in [4.78, 5) is 36.9. The van der Waals surface area contributed by atoms with Crippen LogP contribution in [0.5, 0.6) is 0 Å². The van der Waals surface area contributed by atoms with Gasteiger partial charge in [-0.1, -0.05) is 54.6 Å². The van der Waals surface area contributed by atoms with Crippen LogP contribution in [-0.2, 0) is 0 Å². The van der Waals surface area contributed by atoms with Crippen LogP contribution in [0.1, 0.15) is 39.9 Å². The van der Waals surface area contributed by atoms with E-state index in [0.29, 0.717) is 12.0 Å². The number of hydrogen-bond acceptors (Lipinski definition) is 6. The number of benzene rings is 3. The third-order valence-corrected chi connectivity index (χ3v) is 6.21. The molecule has 2 bridgehead atoms. The SMILES string of the molecule is O=C1c2ccccc2C2C(c3ccccc3)CC1N2c1ccc([N+](=O)[O-])cc1[N+](=O)[O-]. The van der Waals surface area contributed by atoms with Crippen molar-refractivity contribution in [1.82, 2.24) is 0 Å². The highest BCUT2D eigenvalue weighted by Crippen LogP contribution is 2.55. The summed E-state index contributed by atoms with van der Waals surface area (Å²) in [6.45, 7) is 0. The Bertz CT molecular complexity index is 1230. The Morgan fingerprint density at radius 3 is 2.29 bits per heavy atom. The van der Waals surface area contributed by atoms with Crippen LogP contribution in [0.25, 0.3) is 0 Å². The van der Waals surface area contributed by atoms with Gasteiger partial charge in [0, 0.05) is 17.5 Å². The molecule has 3 aromatic rings. The molecule has 3 unspecified atom stereocenters. The largest absolute Gasteiger partial charge is 0.348 e. The highest BCUT2D eigenvalue weighted by molar-refractivity contribution is 6.06. The Kier molecular flexibility index (Phi) is 4.28. The van der Waals surface area contributed by atoms with Crippen LogP contribution in [-0.4, -0.2) is 21.7 Å². The quantitative estimate of drug-likeness (QED) is 0.447. The van der Waals surface area contributed by atoms with Crippen molar-refractivity contribution in [3.8, 4) is 0 Å². The topological polar surface area (TPSA) is 107 Å². The monoisotopic (exact) mass is 415 g/mol. The molecule has 0 saturated carbocycles. The average molecular weight is 415 g/mol. The zero-order valence-electron chi connectivity index (χ0n) is 16.3. The van der Waals surface area contributed by atoms with Gasteiger partial charge in [-0.25, -0.2) is 0 Å². The van der Waals surface area contributed by atoms with Crippen LogP contribution in [0, 0.1) is 20.2 Å². The van der Waals surface area contributed by atoms with Gasteiger partial charge >= 0.3 is 0 Å². The van der Waals surface area contributed by atoms with Gasteiger partial charge in [0.1, 0.15) is 5.69 Å². The van der Waals surface area contributed by atoms with Gasteiger partial charge < -0.3 is 4.90 Å². The molecular formula is C23H17N3O5. The highest BCUT2D eigenvalue weighted by Gasteiger charge is 2.52. The maximum Gasteiger partial charge on any atom is 0.299 e. The van der Waals surface area contributed by atoms with Crippen LogP contribution in [0.15, 0.2) is 72.8 Å². The number of fused-ring (bicyclic) bond motifs is 4. The first kappa shape index (κ1) is 18.9. The number of anilines is 1. The van der Waals surface area contributed by atoms with E-state index in [4.69, 9.17) is 0 Å². The molecule has 154 valence electrons. The zero-order chi connectivity index (χ0) is 21.7. The molecule has 3 aromatic carbocycles. The zero-order valence-corrected chi connectivity index (χ0v) is 16.3. The molecule has 0 radical (unpaired) electrons. The average Bonchev–Trinajstić information content (AvgIpc) is 3.13. The van der Waals surface area contributed by atoms with Gasteiger partial charge in [0.2, 0.25) is 0 Å². The van der Waals surface area contributed by atoms with Gasteiger partial charge in [-0.3, -0.25) is 25.0 Å². The summed E-state index contributed by atoms with van der Waals surface area (Å²) >= 11 is 0. The number of ketones is 1. The van der Waals surface area contributed by atoms with Gasteiger partial charge in [0.15, 0.2) is 5.78 Å². The van der Waals surface area contributed by atoms with Gasteiger partial charge in [-0.2, -0.15) is 0 Å². The van der Waals surface area contributed by atoms with E-state index in [1.807, 2.05) is 48.5 Å². The van der Waals surface area contributed by atoms with E-state index in [9.17, 15) is 25.0 Å². The molecule has 8 heteroatoms. The second-order valence-electron chi connectivity index (χ2n) is 7.76. The summed E-state index contributed by atoms with van der Waals surface area (Å²) in [5.74, 6) is -0.133. The summed E-state index contributed by atoms with van der Waals surface area (Å²) in [6.07, 6.45) is 0.510.